The van der Waals surface area contributed by atoms with Crippen molar-refractivity contribution in [2.24, 2.45) is 4.99 Å². The molecule has 164 valence electrons. The van der Waals surface area contributed by atoms with Crippen molar-refractivity contribution in [3.05, 3.63) is 65.5 Å². The molecule has 30 heavy (non-hydrogen) atoms. The molecule has 2 aromatic carbocycles. The van der Waals surface area contributed by atoms with Crippen LogP contribution in [0, 0.1) is 5.82 Å². The molecule has 0 amide bonds. The number of anilines is 1. The van der Waals surface area contributed by atoms with Gasteiger partial charge in [0.1, 0.15) is 5.82 Å². The maximum atomic E-state index is 13.1. The average molecular weight is 526 g/mol. The number of aliphatic hydroxyl groups excluding tert-OH is 1. The Hall–Kier alpha value is -1.87. The van der Waals surface area contributed by atoms with E-state index in [4.69, 9.17) is 0 Å². The zero-order valence-electron chi connectivity index (χ0n) is 17.6. The molecule has 5 nitrogen and oxygen atoms in total. The Balaban J connectivity index is 0.00000320. The molecule has 0 spiro atoms. The fourth-order valence-electron chi connectivity index (χ4n) is 3.54. The third-order valence-corrected chi connectivity index (χ3v) is 5.22. The quantitative estimate of drug-likeness (QED) is 0.285. The first-order valence-electron chi connectivity index (χ1n) is 10.4. The number of hydrogen-bond donors (Lipinski definition) is 3. The molecule has 1 aliphatic rings. The zero-order chi connectivity index (χ0) is 20.6. The summed E-state index contributed by atoms with van der Waals surface area (Å²) in [5, 5.41) is 17.0. The van der Waals surface area contributed by atoms with E-state index in [9.17, 15) is 9.50 Å². The van der Waals surface area contributed by atoms with Crippen LogP contribution in [-0.4, -0.2) is 37.2 Å². The highest BCUT2D eigenvalue weighted by Crippen LogP contribution is 2.24. The Kier molecular flexibility index (Phi) is 9.84. The van der Waals surface area contributed by atoms with Crippen LogP contribution in [0.4, 0.5) is 10.1 Å². The molecule has 1 heterocycles. The first-order chi connectivity index (χ1) is 14.1. The van der Waals surface area contributed by atoms with Crippen molar-refractivity contribution in [3.63, 3.8) is 0 Å². The van der Waals surface area contributed by atoms with Crippen LogP contribution in [0.15, 0.2) is 53.5 Å². The smallest absolute Gasteiger partial charge is 0.191 e. The van der Waals surface area contributed by atoms with E-state index in [0.29, 0.717) is 11.5 Å². The van der Waals surface area contributed by atoms with E-state index >= 15 is 0 Å². The summed E-state index contributed by atoms with van der Waals surface area (Å²) in [5.74, 6) is 0.331. The molecule has 0 aromatic heterocycles. The zero-order valence-corrected chi connectivity index (χ0v) is 20.0. The van der Waals surface area contributed by atoms with Crippen molar-refractivity contribution in [2.45, 2.75) is 38.8 Å². The highest BCUT2D eigenvalue weighted by Gasteiger charge is 2.15. The molecular formula is C23H32FIN4O. The maximum Gasteiger partial charge on any atom is 0.191 e. The molecule has 0 radical (unpaired) electrons. The molecule has 7 heteroatoms. The van der Waals surface area contributed by atoms with E-state index in [1.165, 1.54) is 36.2 Å². The Morgan fingerprint density at radius 1 is 1.13 bits per heavy atom. The minimum Gasteiger partial charge on any atom is -0.386 e. The van der Waals surface area contributed by atoms with E-state index in [-0.39, 0.29) is 42.4 Å². The van der Waals surface area contributed by atoms with Crippen molar-refractivity contribution >= 4 is 35.6 Å². The second kappa shape index (κ2) is 12.1. The van der Waals surface area contributed by atoms with E-state index < -0.39 is 6.10 Å². The molecule has 0 saturated carbocycles. The number of hydrogen-bond acceptors (Lipinski definition) is 3. The van der Waals surface area contributed by atoms with Crippen molar-refractivity contribution in [2.75, 3.05) is 31.1 Å². The van der Waals surface area contributed by atoms with Crippen molar-refractivity contribution in [1.29, 1.82) is 0 Å². The van der Waals surface area contributed by atoms with Gasteiger partial charge in [-0.1, -0.05) is 24.3 Å². The predicted molar refractivity (Wildman–Crippen MR) is 132 cm³/mol. The van der Waals surface area contributed by atoms with Crippen LogP contribution in [0.2, 0.25) is 0 Å². The number of aliphatic imine (C=N–C) groups is 1. The summed E-state index contributed by atoms with van der Waals surface area (Å²) < 4.78 is 13.1. The molecular weight excluding hydrogens is 494 g/mol. The van der Waals surface area contributed by atoms with Gasteiger partial charge < -0.3 is 20.6 Å². The molecule has 1 aliphatic heterocycles. The summed E-state index contributed by atoms with van der Waals surface area (Å²) in [5.41, 5.74) is 3.11. The van der Waals surface area contributed by atoms with E-state index in [0.717, 1.165) is 19.6 Å². The fourth-order valence-corrected chi connectivity index (χ4v) is 3.54. The Morgan fingerprint density at radius 3 is 2.50 bits per heavy atom. The lowest BCUT2D eigenvalue weighted by Gasteiger charge is -2.22. The summed E-state index contributed by atoms with van der Waals surface area (Å²) in [6, 6.07) is 14.6. The van der Waals surface area contributed by atoms with E-state index in [1.54, 1.807) is 12.1 Å². The van der Waals surface area contributed by atoms with Crippen LogP contribution in [-0.2, 0) is 0 Å². The molecule has 3 N–H and O–H groups in total. The fraction of sp³-hybridized carbons (Fsp3) is 0.435. The minimum atomic E-state index is -0.778. The standard InChI is InChI=1S/C23H31FN4O.HI/c1-3-25-23(26-16-22(29)18-9-11-20(24)12-10-18)27-17(2)19-7-6-8-21(15-19)28-13-4-5-14-28;/h6-12,15,17,22,29H,3-5,13-14,16H2,1-2H3,(H2,25,26,27);1H. The van der Waals surface area contributed by atoms with E-state index in [2.05, 4.69) is 51.7 Å². The van der Waals surface area contributed by atoms with Gasteiger partial charge in [-0.25, -0.2) is 4.39 Å². The van der Waals surface area contributed by atoms with Crippen LogP contribution in [0.5, 0.6) is 0 Å². The number of halogens is 2. The minimum absolute atomic E-state index is 0. The van der Waals surface area contributed by atoms with Crippen LogP contribution < -0.4 is 15.5 Å². The second-order valence-corrected chi connectivity index (χ2v) is 7.44. The number of benzene rings is 2. The summed E-state index contributed by atoms with van der Waals surface area (Å²) in [4.78, 5) is 6.94. The highest BCUT2D eigenvalue weighted by molar-refractivity contribution is 14.0. The second-order valence-electron chi connectivity index (χ2n) is 7.44. The van der Waals surface area contributed by atoms with Gasteiger partial charge in [0.25, 0.3) is 0 Å². The Labute approximate surface area is 195 Å². The first kappa shape index (κ1) is 24.4. The summed E-state index contributed by atoms with van der Waals surface area (Å²) in [6.45, 7) is 7.27. The third kappa shape index (κ3) is 6.84. The largest absolute Gasteiger partial charge is 0.386 e. The van der Waals surface area contributed by atoms with Crippen LogP contribution in [0.1, 0.15) is 50.0 Å². The van der Waals surface area contributed by atoms with Gasteiger partial charge in [-0.2, -0.15) is 0 Å². The number of nitrogens with zero attached hydrogens (tertiary/aromatic N) is 2. The lowest BCUT2D eigenvalue weighted by atomic mass is 10.1. The summed E-state index contributed by atoms with van der Waals surface area (Å²) >= 11 is 0. The topological polar surface area (TPSA) is 59.9 Å². The van der Waals surface area contributed by atoms with Crippen molar-refractivity contribution in [1.82, 2.24) is 10.6 Å². The van der Waals surface area contributed by atoms with Crippen LogP contribution in [0.3, 0.4) is 0 Å². The normalized spacial score (nSPS) is 16.0. The molecule has 2 unspecified atom stereocenters. The van der Waals surface area contributed by atoms with Crippen molar-refractivity contribution < 1.29 is 9.50 Å². The van der Waals surface area contributed by atoms with Gasteiger partial charge in [0.05, 0.1) is 18.7 Å². The summed E-state index contributed by atoms with van der Waals surface area (Å²) in [7, 11) is 0. The molecule has 1 saturated heterocycles. The molecule has 0 bridgehead atoms. The maximum absolute atomic E-state index is 13.1. The predicted octanol–water partition coefficient (Wildman–Crippen LogP) is 4.39. The molecule has 2 atom stereocenters. The number of aliphatic hydroxyl groups is 1. The Bertz CT molecular complexity index is 809. The Morgan fingerprint density at radius 2 is 1.83 bits per heavy atom. The SMILES string of the molecule is CCNC(=NCC(O)c1ccc(F)cc1)NC(C)c1cccc(N2CCCC2)c1.I. The van der Waals surface area contributed by atoms with Gasteiger partial charge in [0, 0.05) is 25.3 Å². The van der Waals surface area contributed by atoms with Crippen LogP contribution >= 0.6 is 24.0 Å². The average Bonchev–Trinajstić information content (AvgIpc) is 3.27. The van der Waals surface area contributed by atoms with Gasteiger partial charge >= 0.3 is 0 Å². The first-order valence-corrected chi connectivity index (χ1v) is 10.4. The molecule has 3 rings (SSSR count). The number of nitrogens with one attached hydrogen (secondary N) is 2. The van der Waals surface area contributed by atoms with Crippen LogP contribution in [0.25, 0.3) is 0 Å². The van der Waals surface area contributed by atoms with E-state index in [1.807, 2.05) is 6.92 Å². The highest BCUT2D eigenvalue weighted by atomic mass is 127. The summed E-state index contributed by atoms with van der Waals surface area (Å²) in [6.07, 6.45) is 1.73. The van der Waals surface area contributed by atoms with Gasteiger partial charge in [-0.05, 0) is 62.1 Å². The van der Waals surface area contributed by atoms with Crippen molar-refractivity contribution in [3.8, 4) is 0 Å². The number of rotatable bonds is 7. The lowest BCUT2D eigenvalue weighted by Crippen LogP contribution is -2.39. The van der Waals surface area contributed by atoms with Gasteiger partial charge in [0.15, 0.2) is 5.96 Å². The van der Waals surface area contributed by atoms with Gasteiger partial charge in [0.2, 0.25) is 0 Å². The van der Waals surface area contributed by atoms with Gasteiger partial charge in [-0.3, -0.25) is 4.99 Å². The third-order valence-electron chi connectivity index (χ3n) is 5.22. The number of guanidine groups is 1. The molecule has 1 fully saturated rings. The molecule has 2 aromatic rings. The van der Waals surface area contributed by atoms with Gasteiger partial charge in [-0.15, -0.1) is 24.0 Å². The molecule has 0 aliphatic carbocycles. The lowest BCUT2D eigenvalue weighted by molar-refractivity contribution is 0.187. The monoisotopic (exact) mass is 526 g/mol.